The van der Waals surface area contributed by atoms with Gasteiger partial charge in [0.2, 0.25) is 0 Å². The Hall–Kier alpha value is -2.82. The summed E-state index contributed by atoms with van der Waals surface area (Å²) < 4.78 is 7.09. The minimum absolute atomic E-state index is 0.107. The van der Waals surface area contributed by atoms with Crippen molar-refractivity contribution in [3.63, 3.8) is 0 Å². The average Bonchev–Trinajstić information content (AvgIpc) is 2.99. The first-order valence-corrected chi connectivity index (χ1v) is 7.89. The van der Waals surface area contributed by atoms with E-state index in [1.54, 1.807) is 7.11 Å². The molecule has 0 radical (unpaired) electrons. The quantitative estimate of drug-likeness (QED) is 0.800. The van der Waals surface area contributed by atoms with E-state index in [1.165, 1.54) is 0 Å². The fourth-order valence-corrected chi connectivity index (χ4v) is 2.82. The second-order valence-corrected chi connectivity index (χ2v) is 5.93. The lowest BCUT2D eigenvalue weighted by Crippen LogP contribution is -2.26. The summed E-state index contributed by atoms with van der Waals surface area (Å²) >= 11 is 0. The van der Waals surface area contributed by atoms with Crippen LogP contribution in [0.2, 0.25) is 0 Å². The number of amides is 1. The summed E-state index contributed by atoms with van der Waals surface area (Å²) in [5, 5.41) is 3.03. The number of aryl methyl sites for hydroxylation is 2. The Kier molecular flexibility index (Phi) is 4.25. The van der Waals surface area contributed by atoms with Gasteiger partial charge in [-0.05, 0) is 50.6 Å². The van der Waals surface area contributed by atoms with Crippen LogP contribution in [0, 0.1) is 13.8 Å². The highest BCUT2D eigenvalue weighted by Gasteiger charge is 2.16. The van der Waals surface area contributed by atoms with Gasteiger partial charge in [-0.1, -0.05) is 12.1 Å². The molecule has 3 rings (SSSR count). The third kappa shape index (κ3) is 2.97. The van der Waals surface area contributed by atoms with Gasteiger partial charge in [-0.2, -0.15) is 0 Å². The molecule has 0 aliphatic carbocycles. The maximum absolute atomic E-state index is 12.7. The Bertz CT molecular complexity index is 882. The molecule has 24 heavy (non-hydrogen) atoms. The third-order valence-electron chi connectivity index (χ3n) is 4.15. The molecular weight excluding hydrogens is 302 g/mol. The Morgan fingerprint density at radius 1 is 1.21 bits per heavy atom. The number of hydrogen-bond donors (Lipinski definition) is 1. The van der Waals surface area contributed by atoms with Crippen LogP contribution in [0.3, 0.4) is 0 Å². The van der Waals surface area contributed by atoms with E-state index in [-0.39, 0.29) is 11.9 Å². The van der Waals surface area contributed by atoms with Gasteiger partial charge < -0.3 is 14.5 Å². The van der Waals surface area contributed by atoms with E-state index >= 15 is 0 Å². The number of rotatable bonds is 4. The maximum atomic E-state index is 12.7. The molecule has 1 N–H and O–H groups in total. The Morgan fingerprint density at radius 2 is 1.92 bits per heavy atom. The molecule has 0 fully saturated rings. The van der Waals surface area contributed by atoms with Gasteiger partial charge in [-0.25, -0.2) is 4.98 Å². The lowest BCUT2D eigenvalue weighted by Gasteiger charge is -2.14. The van der Waals surface area contributed by atoms with Gasteiger partial charge in [-0.15, -0.1) is 0 Å². The fourth-order valence-electron chi connectivity index (χ4n) is 2.82. The Balaban J connectivity index is 1.84. The van der Waals surface area contributed by atoms with E-state index in [0.717, 1.165) is 22.7 Å². The highest BCUT2D eigenvalue weighted by molar-refractivity contribution is 6.00. The van der Waals surface area contributed by atoms with Crippen molar-refractivity contribution in [1.29, 1.82) is 0 Å². The first-order valence-electron chi connectivity index (χ1n) is 7.89. The van der Waals surface area contributed by atoms with Gasteiger partial charge >= 0.3 is 0 Å². The van der Waals surface area contributed by atoms with E-state index < -0.39 is 0 Å². The number of hydrogen-bond acceptors (Lipinski definition) is 3. The van der Waals surface area contributed by atoms with Crippen LogP contribution in [0.4, 0.5) is 0 Å². The smallest absolute Gasteiger partial charge is 0.255 e. The molecule has 0 unspecified atom stereocenters. The summed E-state index contributed by atoms with van der Waals surface area (Å²) in [6, 6.07) is 11.4. The second-order valence-electron chi connectivity index (χ2n) is 5.93. The van der Waals surface area contributed by atoms with Crippen LogP contribution in [0.1, 0.15) is 40.3 Å². The van der Waals surface area contributed by atoms with Crippen molar-refractivity contribution < 1.29 is 9.53 Å². The molecule has 0 aliphatic rings. The molecule has 0 spiro atoms. The van der Waals surface area contributed by atoms with Gasteiger partial charge in [-0.3, -0.25) is 4.79 Å². The maximum Gasteiger partial charge on any atom is 0.255 e. The number of methoxy groups -OCH3 is 1. The molecule has 0 bridgehead atoms. The molecule has 1 atom stereocenters. The molecular formula is C19H21N3O2. The van der Waals surface area contributed by atoms with Crippen LogP contribution in [0.25, 0.3) is 5.65 Å². The Morgan fingerprint density at radius 3 is 2.58 bits per heavy atom. The topological polar surface area (TPSA) is 55.6 Å². The summed E-state index contributed by atoms with van der Waals surface area (Å²) in [5.41, 5.74) is 4.25. The van der Waals surface area contributed by atoms with Crippen LogP contribution in [-0.2, 0) is 0 Å². The van der Waals surface area contributed by atoms with Crippen molar-refractivity contribution >= 4 is 11.6 Å². The van der Waals surface area contributed by atoms with Gasteiger partial charge in [0, 0.05) is 17.6 Å². The zero-order valence-corrected chi connectivity index (χ0v) is 14.3. The van der Waals surface area contributed by atoms with Gasteiger partial charge in [0.05, 0.1) is 18.7 Å². The molecule has 1 aromatic carbocycles. The molecule has 2 heterocycles. The number of benzene rings is 1. The van der Waals surface area contributed by atoms with Crippen molar-refractivity contribution in [2.45, 2.75) is 26.8 Å². The molecule has 124 valence electrons. The summed E-state index contributed by atoms with van der Waals surface area (Å²) in [6.45, 7) is 5.90. The van der Waals surface area contributed by atoms with Crippen LogP contribution in [-0.4, -0.2) is 22.4 Å². The van der Waals surface area contributed by atoms with Crippen molar-refractivity contribution in [2.24, 2.45) is 0 Å². The summed E-state index contributed by atoms with van der Waals surface area (Å²) in [4.78, 5) is 17.2. The summed E-state index contributed by atoms with van der Waals surface area (Å²) in [6.07, 6.45) is 1.88. The highest BCUT2D eigenvalue weighted by Crippen LogP contribution is 2.19. The summed E-state index contributed by atoms with van der Waals surface area (Å²) in [7, 11) is 1.63. The van der Waals surface area contributed by atoms with Crippen molar-refractivity contribution in [1.82, 2.24) is 14.7 Å². The Labute approximate surface area is 141 Å². The van der Waals surface area contributed by atoms with Gasteiger partial charge in [0.25, 0.3) is 5.91 Å². The summed E-state index contributed by atoms with van der Waals surface area (Å²) in [5.74, 6) is 0.671. The number of ether oxygens (including phenoxy) is 1. The zero-order valence-electron chi connectivity index (χ0n) is 14.3. The standard InChI is InChI=1S/C19H21N3O2/c1-12-11-13(2)22-10-9-17(18(22)20-12)19(23)21-14(3)15-5-7-16(24-4)8-6-15/h5-11,14H,1-4H3,(H,21,23)/t14-/m1/s1. The monoisotopic (exact) mass is 323 g/mol. The predicted octanol–water partition coefficient (Wildman–Crippen LogP) is 3.45. The number of carbonyl (C=O) groups is 1. The lowest BCUT2D eigenvalue weighted by atomic mass is 10.1. The molecule has 3 aromatic rings. The van der Waals surface area contributed by atoms with Crippen molar-refractivity contribution in [2.75, 3.05) is 7.11 Å². The molecule has 0 saturated heterocycles. The predicted molar refractivity (Wildman–Crippen MR) is 93.5 cm³/mol. The van der Waals surface area contributed by atoms with Crippen LogP contribution < -0.4 is 10.1 Å². The first kappa shape index (κ1) is 16.1. The fraction of sp³-hybridized carbons (Fsp3) is 0.263. The van der Waals surface area contributed by atoms with Crippen LogP contribution in [0.15, 0.2) is 42.6 Å². The molecule has 1 amide bonds. The minimum Gasteiger partial charge on any atom is -0.497 e. The van der Waals surface area contributed by atoms with Crippen LogP contribution >= 0.6 is 0 Å². The second kappa shape index (κ2) is 6.35. The van der Waals surface area contributed by atoms with Crippen LogP contribution in [0.5, 0.6) is 5.75 Å². The van der Waals surface area contributed by atoms with Gasteiger partial charge in [0.1, 0.15) is 11.4 Å². The van der Waals surface area contributed by atoms with E-state index in [1.807, 2.05) is 67.8 Å². The number of fused-ring (bicyclic) bond motifs is 1. The normalized spacial score (nSPS) is 12.2. The van der Waals surface area contributed by atoms with E-state index in [0.29, 0.717) is 11.2 Å². The highest BCUT2D eigenvalue weighted by atomic mass is 16.5. The first-order chi connectivity index (χ1) is 11.5. The number of carbonyl (C=O) groups excluding carboxylic acids is 1. The SMILES string of the molecule is COc1ccc([C@@H](C)NC(=O)c2ccn3c(C)cc(C)nc23)cc1. The largest absolute Gasteiger partial charge is 0.497 e. The number of nitrogens with one attached hydrogen (secondary N) is 1. The number of nitrogens with zero attached hydrogens (tertiary/aromatic N) is 2. The molecule has 5 heteroatoms. The average molecular weight is 323 g/mol. The molecule has 5 nitrogen and oxygen atoms in total. The number of aromatic nitrogens is 2. The lowest BCUT2D eigenvalue weighted by molar-refractivity contribution is 0.0941. The van der Waals surface area contributed by atoms with E-state index in [9.17, 15) is 4.79 Å². The van der Waals surface area contributed by atoms with Gasteiger partial charge in [0.15, 0.2) is 0 Å². The van der Waals surface area contributed by atoms with Crippen molar-refractivity contribution in [3.8, 4) is 5.75 Å². The minimum atomic E-state index is -0.127. The van der Waals surface area contributed by atoms with Crippen molar-refractivity contribution in [3.05, 3.63) is 65.1 Å². The zero-order chi connectivity index (χ0) is 17.3. The third-order valence-corrected chi connectivity index (χ3v) is 4.15. The molecule has 0 aliphatic heterocycles. The van der Waals surface area contributed by atoms with E-state index in [4.69, 9.17) is 4.74 Å². The molecule has 0 saturated carbocycles. The van der Waals surface area contributed by atoms with E-state index in [2.05, 4.69) is 10.3 Å². The molecule has 2 aromatic heterocycles.